The summed E-state index contributed by atoms with van der Waals surface area (Å²) in [7, 11) is -1.61. The molecule has 0 aliphatic carbocycles. The molecule has 1 unspecified atom stereocenters. The summed E-state index contributed by atoms with van der Waals surface area (Å²) in [5.41, 5.74) is 1.86. The van der Waals surface area contributed by atoms with Gasteiger partial charge in [0.15, 0.2) is 0 Å². The first-order valence-corrected chi connectivity index (χ1v) is 8.72. The van der Waals surface area contributed by atoms with Gasteiger partial charge in [0.25, 0.3) is 0 Å². The van der Waals surface area contributed by atoms with Crippen molar-refractivity contribution >= 4 is 9.28 Å². The maximum absolute atomic E-state index is 5.91. The molecular formula is C15H26O2Si. The Morgan fingerprint density at radius 1 is 1.00 bits per heavy atom. The molecule has 1 rings (SSSR count). The quantitative estimate of drug-likeness (QED) is 0.633. The minimum Gasteiger partial charge on any atom is -0.396 e. The molecule has 0 aliphatic heterocycles. The Kier molecular flexibility index (Phi) is 7.97. The normalized spacial score (nSPS) is 12.9. The molecule has 0 N–H and O–H groups in total. The highest BCUT2D eigenvalue weighted by molar-refractivity contribution is 6.46. The first kappa shape index (κ1) is 15.4. The van der Waals surface area contributed by atoms with Crippen LogP contribution in [0, 0.1) is 0 Å². The van der Waals surface area contributed by atoms with Gasteiger partial charge >= 0.3 is 9.28 Å². The number of unbranched alkanes of at least 4 members (excludes halogenated alkanes) is 1. The van der Waals surface area contributed by atoms with Gasteiger partial charge in [-0.05, 0) is 25.8 Å². The lowest BCUT2D eigenvalue weighted by Crippen LogP contribution is -2.31. The Bertz CT molecular complexity index is 297. The van der Waals surface area contributed by atoms with Crippen LogP contribution in [0.5, 0.6) is 0 Å². The van der Waals surface area contributed by atoms with E-state index in [1.807, 2.05) is 0 Å². The van der Waals surface area contributed by atoms with E-state index in [0.29, 0.717) is 5.54 Å². The van der Waals surface area contributed by atoms with Crippen molar-refractivity contribution in [2.75, 3.05) is 13.2 Å². The van der Waals surface area contributed by atoms with Gasteiger partial charge in [0.2, 0.25) is 0 Å². The highest BCUT2D eigenvalue weighted by Gasteiger charge is 2.26. The Hall–Kier alpha value is -0.643. The van der Waals surface area contributed by atoms with Crippen molar-refractivity contribution in [2.24, 2.45) is 0 Å². The smallest absolute Gasteiger partial charge is 0.329 e. The number of hydrogen-bond donors (Lipinski definition) is 0. The molecule has 0 fully saturated rings. The van der Waals surface area contributed by atoms with E-state index < -0.39 is 9.28 Å². The molecule has 1 aromatic carbocycles. The number of benzene rings is 1. The molecular weight excluding hydrogens is 240 g/mol. The van der Waals surface area contributed by atoms with Crippen LogP contribution in [0.2, 0.25) is 0 Å². The minimum absolute atomic E-state index is 0.478. The molecule has 0 saturated carbocycles. The van der Waals surface area contributed by atoms with Crippen LogP contribution in [0.3, 0.4) is 0 Å². The van der Waals surface area contributed by atoms with Gasteiger partial charge < -0.3 is 8.85 Å². The predicted molar refractivity (Wildman–Crippen MR) is 79.1 cm³/mol. The van der Waals surface area contributed by atoms with Gasteiger partial charge in [0, 0.05) is 18.8 Å². The highest BCUT2D eigenvalue weighted by Crippen LogP contribution is 2.26. The van der Waals surface area contributed by atoms with Crippen molar-refractivity contribution in [1.82, 2.24) is 0 Å². The van der Waals surface area contributed by atoms with Gasteiger partial charge in [0.1, 0.15) is 0 Å². The van der Waals surface area contributed by atoms with Gasteiger partial charge in [-0.25, -0.2) is 0 Å². The number of rotatable bonds is 9. The van der Waals surface area contributed by atoms with Crippen molar-refractivity contribution in [2.45, 2.75) is 45.6 Å². The Morgan fingerprint density at radius 2 is 1.61 bits per heavy atom. The molecule has 1 atom stereocenters. The first-order valence-electron chi connectivity index (χ1n) is 7.11. The molecule has 0 aromatic heterocycles. The van der Waals surface area contributed by atoms with E-state index in [2.05, 4.69) is 51.1 Å². The molecule has 0 spiro atoms. The molecule has 0 saturated heterocycles. The molecule has 18 heavy (non-hydrogen) atoms. The van der Waals surface area contributed by atoms with Crippen LogP contribution in [-0.2, 0) is 8.85 Å². The molecule has 0 aliphatic rings. The van der Waals surface area contributed by atoms with Crippen LogP contribution in [0.15, 0.2) is 30.3 Å². The van der Waals surface area contributed by atoms with Gasteiger partial charge in [0.05, 0.1) is 0 Å². The third-order valence-corrected chi connectivity index (χ3v) is 5.79. The Morgan fingerprint density at radius 3 is 2.11 bits per heavy atom. The monoisotopic (exact) mass is 266 g/mol. The van der Waals surface area contributed by atoms with Crippen molar-refractivity contribution in [1.29, 1.82) is 0 Å². The van der Waals surface area contributed by atoms with Crippen molar-refractivity contribution in [3.05, 3.63) is 35.9 Å². The third-order valence-electron chi connectivity index (χ3n) is 3.09. The van der Waals surface area contributed by atoms with Crippen LogP contribution < -0.4 is 0 Å². The zero-order valence-corrected chi connectivity index (χ0v) is 13.0. The molecule has 0 bridgehead atoms. The molecule has 0 radical (unpaired) electrons. The summed E-state index contributed by atoms with van der Waals surface area (Å²) in [4.78, 5) is 0. The molecule has 1 aromatic rings. The largest absolute Gasteiger partial charge is 0.396 e. The van der Waals surface area contributed by atoms with E-state index in [-0.39, 0.29) is 0 Å². The SMILES string of the molecule is CCCCC(c1ccccc1)[SiH](OCC)OCC. The van der Waals surface area contributed by atoms with Crippen LogP contribution in [0.1, 0.15) is 51.1 Å². The van der Waals surface area contributed by atoms with Crippen molar-refractivity contribution in [3.63, 3.8) is 0 Å². The fourth-order valence-corrected chi connectivity index (χ4v) is 4.46. The average molecular weight is 266 g/mol. The van der Waals surface area contributed by atoms with E-state index in [0.717, 1.165) is 13.2 Å². The number of hydrogen-bond acceptors (Lipinski definition) is 2. The maximum atomic E-state index is 5.91. The summed E-state index contributed by atoms with van der Waals surface area (Å²) in [6.45, 7) is 7.86. The molecule has 0 heterocycles. The van der Waals surface area contributed by atoms with Crippen LogP contribution in [0.25, 0.3) is 0 Å². The zero-order valence-electron chi connectivity index (χ0n) is 11.9. The second kappa shape index (κ2) is 9.31. The third kappa shape index (κ3) is 4.92. The fourth-order valence-electron chi connectivity index (χ4n) is 2.19. The lowest BCUT2D eigenvalue weighted by molar-refractivity contribution is 0.203. The van der Waals surface area contributed by atoms with Gasteiger partial charge in [-0.2, -0.15) is 0 Å². The second-order valence-corrected chi connectivity index (χ2v) is 6.65. The Labute approximate surface area is 113 Å². The van der Waals surface area contributed by atoms with E-state index in [1.54, 1.807) is 0 Å². The van der Waals surface area contributed by atoms with Crippen LogP contribution >= 0.6 is 0 Å². The standard InChI is InChI=1S/C15H26O2Si/c1-4-7-13-15(14-11-9-8-10-12-14)18(16-5-2)17-6-3/h8-12,15,18H,4-7,13H2,1-3H3. The summed E-state index contributed by atoms with van der Waals surface area (Å²) in [6, 6.07) is 10.7. The van der Waals surface area contributed by atoms with Gasteiger partial charge in [-0.15, -0.1) is 0 Å². The summed E-state index contributed by atoms with van der Waals surface area (Å²) >= 11 is 0. The fraction of sp³-hybridized carbons (Fsp3) is 0.600. The second-order valence-electron chi connectivity index (χ2n) is 4.44. The Balaban J connectivity index is 2.80. The average Bonchev–Trinajstić information content (AvgIpc) is 2.41. The molecule has 3 heteroatoms. The summed E-state index contributed by atoms with van der Waals surface area (Å²) in [5, 5.41) is 0. The van der Waals surface area contributed by atoms with Gasteiger partial charge in [-0.1, -0.05) is 50.1 Å². The summed E-state index contributed by atoms with van der Waals surface area (Å²) < 4.78 is 11.8. The molecule has 0 amide bonds. The zero-order chi connectivity index (χ0) is 13.2. The molecule has 2 nitrogen and oxygen atoms in total. The first-order chi connectivity index (χ1) is 8.83. The van der Waals surface area contributed by atoms with Crippen LogP contribution in [0.4, 0.5) is 0 Å². The summed E-state index contributed by atoms with van der Waals surface area (Å²) in [6.07, 6.45) is 3.64. The molecule has 102 valence electrons. The minimum atomic E-state index is -1.61. The lowest BCUT2D eigenvalue weighted by atomic mass is 10.1. The van der Waals surface area contributed by atoms with E-state index in [4.69, 9.17) is 8.85 Å². The van der Waals surface area contributed by atoms with Gasteiger partial charge in [-0.3, -0.25) is 0 Å². The van der Waals surface area contributed by atoms with E-state index in [9.17, 15) is 0 Å². The van der Waals surface area contributed by atoms with E-state index >= 15 is 0 Å². The topological polar surface area (TPSA) is 18.5 Å². The van der Waals surface area contributed by atoms with E-state index in [1.165, 1.54) is 24.8 Å². The van der Waals surface area contributed by atoms with Crippen molar-refractivity contribution in [3.8, 4) is 0 Å². The summed E-state index contributed by atoms with van der Waals surface area (Å²) in [5.74, 6) is 0. The highest BCUT2D eigenvalue weighted by atomic mass is 28.3. The van der Waals surface area contributed by atoms with Crippen LogP contribution in [-0.4, -0.2) is 22.5 Å². The predicted octanol–water partition coefficient (Wildman–Crippen LogP) is 3.79. The maximum Gasteiger partial charge on any atom is 0.329 e. The lowest BCUT2D eigenvalue weighted by Gasteiger charge is -2.25. The van der Waals surface area contributed by atoms with Crippen molar-refractivity contribution < 1.29 is 8.85 Å².